The van der Waals surface area contributed by atoms with Crippen molar-refractivity contribution in [2.45, 2.75) is 69.9 Å². The Labute approximate surface area is 253 Å². The van der Waals surface area contributed by atoms with E-state index in [1.54, 1.807) is 38.6 Å². The summed E-state index contributed by atoms with van der Waals surface area (Å²) in [6.45, 7) is 12.8. The van der Waals surface area contributed by atoms with Crippen LogP contribution in [0.25, 0.3) is 11.0 Å². The Hall–Kier alpha value is -3.57. The summed E-state index contributed by atoms with van der Waals surface area (Å²) in [5.41, 5.74) is -0.507. The number of aliphatic hydroxyl groups excluding tert-OH is 1. The molecule has 3 saturated heterocycles. The van der Waals surface area contributed by atoms with Crippen LogP contribution in [-0.2, 0) is 25.8 Å². The highest BCUT2D eigenvalue weighted by Gasteiger charge is 2.80. The molecule has 3 unspecified atom stereocenters. The van der Waals surface area contributed by atoms with E-state index in [-0.39, 0.29) is 43.5 Å². The van der Waals surface area contributed by atoms with Gasteiger partial charge in [-0.25, -0.2) is 4.68 Å². The molecule has 0 aliphatic carbocycles. The van der Waals surface area contributed by atoms with E-state index in [2.05, 4.69) is 23.5 Å². The van der Waals surface area contributed by atoms with Crippen LogP contribution in [0.1, 0.15) is 46.0 Å². The fraction of sp³-hybridized carbons (Fsp3) is 0.594. The Morgan fingerprint density at radius 3 is 2.58 bits per heavy atom. The average Bonchev–Trinajstić information content (AvgIpc) is 3.65. The highest BCUT2D eigenvalue weighted by atomic mass is 16.5. The molecule has 0 saturated carbocycles. The molecular formula is C32H44N6O5. The van der Waals surface area contributed by atoms with E-state index in [9.17, 15) is 19.5 Å². The van der Waals surface area contributed by atoms with E-state index >= 15 is 0 Å². The maximum atomic E-state index is 14.7. The standard InChI is InChI=1S/C32H44N6O5/c1-6-16-35(5)28(40)25-26-29(41)37(18-12-8-9-13-19-39)27(32(26)20-22(3)31(25,4)43-32)30(42)36(17-7-2)21-38-24-15-11-10-14-23(24)33-34-38/h6-7,10-11,14-15,22,25-27,39H,1-2,8-9,12-13,16-21H2,3-5H3/t22?,25-,26+,27?,31+,32?/m1/s1. The number of rotatable bonds is 14. The van der Waals surface area contributed by atoms with Crippen molar-refractivity contribution in [1.82, 2.24) is 29.7 Å². The van der Waals surface area contributed by atoms with Gasteiger partial charge in [-0.3, -0.25) is 14.4 Å². The number of amides is 3. The van der Waals surface area contributed by atoms with Crippen LogP contribution in [0.5, 0.6) is 0 Å². The molecule has 6 atom stereocenters. The van der Waals surface area contributed by atoms with Crippen molar-refractivity contribution in [3.8, 4) is 0 Å². The largest absolute Gasteiger partial charge is 0.396 e. The van der Waals surface area contributed by atoms with Gasteiger partial charge in [-0.05, 0) is 44.2 Å². The molecule has 11 heteroatoms. The number of aliphatic hydroxyl groups is 1. The number of carbonyl (C=O) groups excluding carboxylic acids is 3. The summed E-state index contributed by atoms with van der Waals surface area (Å²) < 4.78 is 8.56. The van der Waals surface area contributed by atoms with Crippen LogP contribution in [0.15, 0.2) is 49.6 Å². The number of likely N-dealkylation sites (N-methyl/N-ethyl adjacent to an activating group) is 1. The zero-order chi connectivity index (χ0) is 30.9. The van der Waals surface area contributed by atoms with Gasteiger partial charge in [-0.2, -0.15) is 0 Å². The van der Waals surface area contributed by atoms with E-state index in [1.807, 2.05) is 38.1 Å². The summed E-state index contributed by atoms with van der Waals surface area (Å²) in [4.78, 5) is 48.0. The van der Waals surface area contributed by atoms with Crippen molar-refractivity contribution in [1.29, 1.82) is 0 Å². The maximum absolute atomic E-state index is 14.7. The Balaban J connectivity index is 1.53. The molecule has 43 heavy (non-hydrogen) atoms. The monoisotopic (exact) mass is 592 g/mol. The van der Waals surface area contributed by atoms with Gasteiger partial charge in [-0.15, -0.1) is 18.3 Å². The number of para-hydroxylation sites is 1. The van der Waals surface area contributed by atoms with Crippen molar-refractivity contribution in [2.75, 3.05) is 33.3 Å². The molecule has 5 rings (SSSR count). The van der Waals surface area contributed by atoms with Gasteiger partial charge in [0.1, 0.15) is 23.8 Å². The van der Waals surface area contributed by atoms with Gasteiger partial charge in [0.2, 0.25) is 17.7 Å². The second kappa shape index (κ2) is 12.2. The molecular weight excluding hydrogens is 548 g/mol. The number of carbonyl (C=O) groups is 3. The minimum atomic E-state index is -1.13. The van der Waals surface area contributed by atoms with Crippen LogP contribution in [-0.4, -0.2) is 103 Å². The second-order valence-corrected chi connectivity index (χ2v) is 12.4. The number of nitrogens with zero attached hydrogens (tertiary/aromatic N) is 6. The molecule has 1 spiro atoms. The topological polar surface area (TPSA) is 121 Å². The van der Waals surface area contributed by atoms with E-state index in [4.69, 9.17) is 4.74 Å². The third kappa shape index (κ3) is 5.06. The molecule has 4 heterocycles. The molecule has 11 nitrogen and oxygen atoms in total. The van der Waals surface area contributed by atoms with Crippen molar-refractivity contribution >= 4 is 28.8 Å². The van der Waals surface area contributed by atoms with Gasteiger partial charge < -0.3 is 24.5 Å². The fourth-order valence-electron chi connectivity index (χ4n) is 7.63. The molecule has 3 aliphatic rings. The predicted molar refractivity (Wildman–Crippen MR) is 161 cm³/mol. The van der Waals surface area contributed by atoms with Gasteiger partial charge in [0.05, 0.1) is 23.0 Å². The van der Waals surface area contributed by atoms with E-state index in [0.717, 1.165) is 23.9 Å². The minimum absolute atomic E-state index is 0.0467. The van der Waals surface area contributed by atoms with Crippen LogP contribution in [0.4, 0.5) is 0 Å². The zero-order valence-corrected chi connectivity index (χ0v) is 25.5. The first kappa shape index (κ1) is 30.9. The molecule has 2 bridgehead atoms. The molecule has 1 aromatic carbocycles. The molecule has 0 radical (unpaired) electrons. The molecule has 3 amide bonds. The van der Waals surface area contributed by atoms with Crippen molar-refractivity contribution in [3.63, 3.8) is 0 Å². The first-order chi connectivity index (χ1) is 20.6. The summed E-state index contributed by atoms with van der Waals surface area (Å²) in [7, 11) is 1.71. The van der Waals surface area contributed by atoms with Crippen molar-refractivity contribution in [2.24, 2.45) is 17.8 Å². The summed E-state index contributed by atoms with van der Waals surface area (Å²) in [5.74, 6) is -2.15. The molecule has 3 fully saturated rings. The Morgan fingerprint density at radius 1 is 1.14 bits per heavy atom. The van der Waals surface area contributed by atoms with E-state index in [0.29, 0.717) is 32.4 Å². The third-order valence-electron chi connectivity index (χ3n) is 9.79. The van der Waals surface area contributed by atoms with E-state index < -0.39 is 29.1 Å². The van der Waals surface area contributed by atoms with Crippen molar-refractivity contribution in [3.05, 3.63) is 49.6 Å². The van der Waals surface area contributed by atoms with Crippen molar-refractivity contribution < 1.29 is 24.2 Å². The summed E-state index contributed by atoms with van der Waals surface area (Å²) in [6.07, 6.45) is 6.82. The normalized spacial score (nSPS) is 29.2. The van der Waals surface area contributed by atoms with Crippen LogP contribution in [0, 0.1) is 17.8 Å². The lowest BCUT2D eigenvalue weighted by Gasteiger charge is -2.38. The fourth-order valence-corrected chi connectivity index (χ4v) is 7.63. The molecule has 2 aromatic rings. The lowest BCUT2D eigenvalue weighted by atomic mass is 9.62. The summed E-state index contributed by atoms with van der Waals surface area (Å²) in [6, 6.07) is 6.65. The number of fused-ring (bicyclic) bond motifs is 2. The lowest BCUT2D eigenvalue weighted by Crippen LogP contribution is -2.57. The van der Waals surface area contributed by atoms with Gasteiger partial charge in [0, 0.05) is 33.3 Å². The average molecular weight is 593 g/mol. The molecule has 3 aliphatic heterocycles. The van der Waals surface area contributed by atoms with Gasteiger partial charge in [-0.1, -0.05) is 49.3 Å². The number of hydrogen-bond donors (Lipinski definition) is 1. The SMILES string of the molecule is C=CCN(C)C(=O)[C@H]1[C@H]2C(=O)N(CCCCCCO)C(C(=O)N(CC=C)Cn3nnc4ccccc43)C23CC(C)[C@]1(C)O3. The van der Waals surface area contributed by atoms with Crippen LogP contribution in [0.2, 0.25) is 0 Å². The molecule has 232 valence electrons. The third-order valence-corrected chi connectivity index (χ3v) is 9.79. The Morgan fingerprint density at radius 2 is 1.86 bits per heavy atom. The molecule has 1 N–H and O–H groups in total. The van der Waals surface area contributed by atoms with Gasteiger partial charge in [0.15, 0.2) is 0 Å². The Bertz CT molecular complexity index is 1390. The first-order valence-electron chi connectivity index (χ1n) is 15.3. The zero-order valence-electron chi connectivity index (χ0n) is 25.5. The lowest BCUT2D eigenvalue weighted by molar-refractivity contribution is -0.155. The second-order valence-electron chi connectivity index (χ2n) is 12.4. The van der Waals surface area contributed by atoms with Crippen LogP contribution in [0.3, 0.4) is 0 Å². The number of unbranched alkanes of at least 4 members (excludes halogenated alkanes) is 3. The number of likely N-dealkylation sites (tertiary alicyclic amines) is 1. The van der Waals surface area contributed by atoms with Gasteiger partial charge >= 0.3 is 0 Å². The van der Waals surface area contributed by atoms with Gasteiger partial charge in [0.25, 0.3) is 0 Å². The quantitative estimate of drug-likeness (QED) is 0.264. The highest BCUT2D eigenvalue weighted by Crippen LogP contribution is 2.65. The maximum Gasteiger partial charge on any atom is 0.250 e. The number of ether oxygens (including phenoxy) is 1. The first-order valence-corrected chi connectivity index (χ1v) is 15.3. The number of hydrogen-bond acceptors (Lipinski definition) is 7. The predicted octanol–water partition coefficient (Wildman–Crippen LogP) is 2.61. The highest BCUT2D eigenvalue weighted by molar-refractivity contribution is 5.99. The summed E-state index contributed by atoms with van der Waals surface area (Å²) >= 11 is 0. The Kier molecular flexibility index (Phi) is 8.76. The number of benzene rings is 1. The summed E-state index contributed by atoms with van der Waals surface area (Å²) in [5, 5.41) is 17.8. The smallest absolute Gasteiger partial charge is 0.250 e. The minimum Gasteiger partial charge on any atom is -0.396 e. The molecule has 1 aromatic heterocycles. The number of aromatic nitrogens is 3. The van der Waals surface area contributed by atoms with E-state index in [1.165, 1.54) is 0 Å². The van der Waals surface area contributed by atoms with Crippen LogP contribution < -0.4 is 0 Å². The van der Waals surface area contributed by atoms with Crippen LogP contribution >= 0.6 is 0 Å².